The highest BCUT2D eigenvalue weighted by Crippen LogP contribution is 2.23. The second kappa shape index (κ2) is 7.46. The zero-order valence-electron chi connectivity index (χ0n) is 13.4. The van der Waals surface area contributed by atoms with Crippen LogP contribution in [-0.4, -0.2) is 33.2 Å². The highest BCUT2D eigenvalue weighted by atomic mass is 32.2. The first-order valence-corrected chi connectivity index (χ1v) is 8.77. The summed E-state index contributed by atoms with van der Waals surface area (Å²) in [6.45, 7) is 2.17. The molecular formula is C17H19NO5S. The maximum atomic E-state index is 12.5. The van der Waals surface area contributed by atoms with Gasteiger partial charge in [-0.15, -0.1) is 0 Å². The first-order chi connectivity index (χ1) is 11.3. The standard InChI is InChI=1S/C17H19NO5S/c1-12-4-3-5-15(16(12)17(19)20)18-24(21,22)14-8-6-13(7-9-14)10-11-23-2/h3-9,18H,10-11H2,1-2H3,(H,19,20). The number of nitrogens with one attached hydrogen (secondary N) is 1. The summed E-state index contributed by atoms with van der Waals surface area (Å²) in [7, 11) is -2.27. The third-order valence-corrected chi connectivity index (χ3v) is 4.94. The number of benzene rings is 2. The molecule has 0 spiro atoms. The van der Waals surface area contributed by atoms with E-state index in [1.807, 2.05) is 0 Å². The maximum Gasteiger partial charge on any atom is 0.338 e. The van der Waals surface area contributed by atoms with Crippen LogP contribution in [0, 0.1) is 6.92 Å². The van der Waals surface area contributed by atoms with Crippen LogP contribution in [0.15, 0.2) is 47.4 Å². The normalized spacial score (nSPS) is 11.2. The molecule has 0 aliphatic rings. The number of rotatable bonds is 7. The molecule has 0 radical (unpaired) electrons. The fourth-order valence-corrected chi connectivity index (χ4v) is 3.37. The molecule has 0 saturated heterocycles. The number of methoxy groups -OCH3 is 1. The third-order valence-electron chi connectivity index (χ3n) is 3.56. The highest BCUT2D eigenvalue weighted by molar-refractivity contribution is 7.92. The van der Waals surface area contributed by atoms with E-state index in [-0.39, 0.29) is 16.1 Å². The molecule has 0 saturated carbocycles. The van der Waals surface area contributed by atoms with Crippen molar-refractivity contribution in [3.05, 3.63) is 59.2 Å². The fraction of sp³-hybridized carbons (Fsp3) is 0.235. The van der Waals surface area contributed by atoms with E-state index in [2.05, 4.69) is 4.72 Å². The average molecular weight is 349 g/mol. The number of ether oxygens (including phenoxy) is 1. The van der Waals surface area contributed by atoms with E-state index >= 15 is 0 Å². The van der Waals surface area contributed by atoms with Gasteiger partial charge < -0.3 is 9.84 Å². The summed E-state index contributed by atoms with van der Waals surface area (Å²) in [5, 5.41) is 9.29. The first-order valence-electron chi connectivity index (χ1n) is 7.29. The van der Waals surface area contributed by atoms with Crippen molar-refractivity contribution in [2.24, 2.45) is 0 Å². The zero-order valence-corrected chi connectivity index (χ0v) is 14.3. The topological polar surface area (TPSA) is 92.7 Å². The van der Waals surface area contributed by atoms with Gasteiger partial charge in [-0.05, 0) is 42.7 Å². The summed E-state index contributed by atoms with van der Waals surface area (Å²) in [6, 6.07) is 11.1. The van der Waals surface area contributed by atoms with E-state index in [1.54, 1.807) is 38.3 Å². The fourth-order valence-electron chi connectivity index (χ4n) is 2.30. The Morgan fingerprint density at radius 3 is 2.42 bits per heavy atom. The Morgan fingerprint density at radius 1 is 1.17 bits per heavy atom. The minimum absolute atomic E-state index is 0.0472. The van der Waals surface area contributed by atoms with Gasteiger partial charge >= 0.3 is 5.97 Å². The van der Waals surface area contributed by atoms with E-state index in [0.29, 0.717) is 18.6 Å². The lowest BCUT2D eigenvalue weighted by molar-refractivity contribution is 0.0697. The van der Waals surface area contributed by atoms with Crippen LogP contribution in [0.4, 0.5) is 5.69 Å². The summed E-state index contributed by atoms with van der Waals surface area (Å²) in [6.07, 6.45) is 0.686. The van der Waals surface area contributed by atoms with Gasteiger partial charge in [0.05, 0.1) is 22.8 Å². The van der Waals surface area contributed by atoms with Crippen molar-refractivity contribution >= 4 is 21.7 Å². The summed E-state index contributed by atoms with van der Waals surface area (Å²) in [5.41, 5.74) is 1.43. The molecule has 0 aromatic heterocycles. The number of hydrogen-bond acceptors (Lipinski definition) is 4. The SMILES string of the molecule is COCCc1ccc(S(=O)(=O)Nc2cccc(C)c2C(=O)O)cc1. The lowest BCUT2D eigenvalue weighted by atomic mass is 10.1. The predicted octanol–water partition coefficient (Wildman–Crippen LogP) is 2.68. The molecule has 6 nitrogen and oxygen atoms in total. The van der Waals surface area contributed by atoms with E-state index < -0.39 is 16.0 Å². The molecule has 128 valence electrons. The molecular weight excluding hydrogens is 330 g/mol. The van der Waals surface area contributed by atoms with Crippen molar-refractivity contribution in [2.45, 2.75) is 18.2 Å². The van der Waals surface area contributed by atoms with Crippen LogP contribution >= 0.6 is 0 Å². The van der Waals surface area contributed by atoms with Gasteiger partial charge in [-0.1, -0.05) is 24.3 Å². The Labute approximate surface area is 141 Å². The van der Waals surface area contributed by atoms with E-state index in [9.17, 15) is 18.3 Å². The number of carboxylic acid groups (broad SMARTS) is 1. The Morgan fingerprint density at radius 2 is 1.83 bits per heavy atom. The molecule has 0 amide bonds. The van der Waals surface area contributed by atoms with Crippen LogP contribution in [0.5, 0.6) is 0 Å². The number of aromatic carboxylic acids is 1. The molecule has 0 aliphatic heterocycles. The molecule has 0 aliphatic carbocycles. The number of hydrogen-bond donors (Lipinski definition) is 2. The second-order valence-electron chi connectivity index (χ2n) is 5.29. The molecule has 2 aromatic rings. The minimum atomic E-state index is -3.87. The molecule has 7 heteroatoms. The lowest BCUT2D eigenvalue weighted by Gasteiger charge is -2.12. The third kappa shape index (κ3) is 4.12. The summed E-state index contributed by atoms with van der Waals surface area (Å²) in [4.78, 5) is 11.4. The lowest BCUT2D eigenvalue weighted by Crippen LogP contribution is -2.16. The van der Waals surface area contributed by atoms with E-state index in [0.717, 1.165) is 5.56 Å². The van der Waals surface area contributed by atoms with E-state index in [1.165, 1.54) is 18.2 Å². The van der Waals surface area contributed by atoms with Crippen molar-refractivity contribution < 1.29 is 23.1 Å². The number of carbonyl (C=O) groups is 1. The molecule has 0 fully saturated rings. The van der Waals surface area contributed by atoms with Crippen molar-refractivity contribution in [1.29, 1.82) is 0 Å². The number of carboxylic acids is 1. The van der Waals surface area contributed by atoms with Crippen LogP contribution in [0.1, 0.15) is 21.5 Å². The maximum absolute atomic E-state index is 12.5. The van der Waals surface area contributed by atoms with Gasteiger partial charge in [-0.2, -0.15) is 0 Å². The zero-order chi connectivity index (χ0) is 17.7. The van der Waals surface area contributed by atoms with Crippen LogP contribution < -0.4 is 4.72 Å². The molecule has 0 atom stereocenters. The van der Waals surface area contributed by atoms with Gasteiger partial charge in [0.15, 0.2) is 0 Å². The van der Waals surface area contributed by atoms with Crippen molar-refractivity contribution in [3.8, 4) is 0 Å². The van der Waals surface area contributed by atoms with Gasteiger partial charge in [-0.3, -0.25) is 4.72 Å². The van der Waals surface area contributed by atoms with Crippen molar-refractivity contribution in [3.63, 3.8) is 0 Å². The average Bonchev–Trinajstić information content (AvgIpc) is 2.52. The van der Waals surface area contributed by atoms with Gasteiger partial charge in [0.2, 0.25) is 0 Å². The largest absolute Gasteiger partial charge is 0.478 e. The number of sulfonamides is 1. The number of anilines is 1. The van der Waals surface area contributed by atoms with Crippen LogP contribution in [0.2, 0.25) is 0 Å². The van der Waals surface area contributed by atoms with Gasteiger partial charge in [0, 0.05) is 7.11 Å². The molecule has 0 heterocycles. The minimum Gasteiger partial charge on any atom is -0.478 e. The molecule has 0 unspecified atom stereocenters. The predicted molar refractivity (Wildman–Crippen MR) is 91.0 cm³/mol. The summed E-state index contributed by atoms with van der Waals surface area (Å²) >= 11 is 0. The van der Waals surface area contributed by atoms with Crippen LogP contribution in [0.25, 0.3) is 0 Å². The van der Waals surface area contributed by atoms with Crippen molar-refractivity contribution in [1.82, 2.24) is 0 Å². The van der Waals surface area contributed by atoms with Gasteiger partial charge in [0.1, 0.15) is 0 Å². The Kier molecular flexibility index (Phi) is 5.58. The molecule has 24 heavy (non-hydrogen) atoms. The Hall–Kier alpha value is -2.38. The molecule has 0 bridgehead atoms. The first kappa shape index (κ1) is 18.0. The van der Waals surface area contributed by atoms with Crippen molar-refractivity contribution in [2.75, 3.05) is 18.4 Å². The monoisotopic (exact) mass is 349 g/mol. The Bertz CT molecular complexity index is 829. The molecule has 2 aromatic carbocycles. The summed E-state index contributed by atoms with van der Waals surface area (Å²) < 4.78 is 32.3. The molecule has 2 rings (SSSR count). The van der Waals surface area contributed by atoms with Gasteiger partial charge in [-0.25, -0.2) is 13.2 Å². The Balaban J connectivity index is 2.29. The van der Waals surface area contributed by atoms with Crippen LogP contribution in [0.3, 0.4) is 0 Å². The summed E-state index contributed by atoms with van der Waals surface area (Å²) in [5.74, 6) is -1.18. The number of aryl methyl sites for hydroxylation is 1. The van der Waals surface area contributed by atoms with E-state index in [4.69, 9.17) is 4.74 Å². The molecule has 2 N–H and O–H groups in total. The quantitative estimate of drug-likeness (QED) is 0.802. The van der Waals surface area contributed by atoms with Gasteiger partial charge in [0.25, 0.3) is 10.0 Å². The second-order valence-corrected chi connectivity index (χ2v) is 6.98. The van der Waals surface area contributed by atoms with Crippen LogP contribution in [-0.2, 0) is 21.2 Å². The highest BCUT2D eigenvalue weighted by Gasteiger charge is 2.19. The smallest absolute Gasteiger partial charge is 0.338 e.